The standard InChI is InChI=1S/C17H22N2O4/c1-23-15-7-6-10(12-9-14(12)19-17(21)22)8-13(15)16(20)18-11-4-2-3-5-11/h6-8,11-12,14,19H,2-5,9H2,1H3,(H,18,20)(H,21,22)/t12-,14+/m0/s1. The van der Waals surface area contributed by atoms with E-state index >= 15 is 0 Å². The summed E-state index contributed by atoms with van der Waals surface area (Å²) in [6.45, 7) is 0. The first-order valence-corrected chi connectivity index (χ1v) is 8.06. The first-order valence-electron chi connectivity index (χ1n) is 8.06. The first-order chi connectivity index (χ1) is 11.1. The molecule has 1 aromatic rings. The van der Waals surface area contributed by atoms with Crippen molar-refractivity contribution in [3.8, 4) is 5.75 Å². The molecule has 0 saturated heterocycles. The van der Waals surface area contributed by atoms with E-state index in [9.17, 15) is 9.59 Å². The van der Waals surface area contributed by atoms with Crippen molar-refractivity contribution in [1.82, 2.24) is 10.6 Å². The molecule has 3 N–H and O–H groups in total. The highest BCUT2D eigenvalue weighted by molar-refractivity contribution is 5.97. The Labute approximate surface area is 135 Å². The number of carbonyl (C=O) groups is 2. The summed E-state index contributed by atoms with van der Waals surface area (Å²) in [5.41, 5.74) is 1.50. The predicted molar refractivity (Wildman–Crippen MR) is 85.0 cm³/mol. The van der Waals surface area contributed by atoms with E-state index in [-0.39, 0.29) is 23.9 Å². The molecule has 0 unspecified atom stereocenters. The smallest absolute Gasteiger partial charge is 0.404 e. The van der Waals surface area contributed by atoms with E-state index in [1.54, 1.807) is 13.2 Å². The van der Waals surface area contributed by atoms with E-state index in [4.69, 9.17) is 9.84 Å². The van der Waals surface area contributed by atoms with Crippen molar-refractivity contribution >= 4 is 12.0 Å². The zero-order valence-electron chi connectivity index (χ0n) is 13.2. The second-order valence-corrected chi connectivity index (χ2v) is 6.31. The summed E-state index contributed by atoms with van der Waals surface area (Å²) >= 11 is 0. The number of benzene rings is 1. The van der Waals surface area contributed by atoms with Gasteiger partial charge in [-0.1, -0.05) is 18.9 Å². The molecule has 2 saturated carbocycles. The molecule has 0 aromatic heterocycles. The van der Waals surface area contributed by atoms with Gasteiger partial charge in [0, 0.05) is 18.0 Å². The molecular formula is C17H22N2O4. The third-order valence-corrected chi connectivity index (χ3v) is 4.69. The van der Waals surface area contributed by atoms with Crippen molar-refractivity contribution in [2.45, 2.75) is 50.1 Å². The molecule has 124 valence electrons. The number of rotatable bonds is 5. The Morgan fingerprint density at radius 1 is 1.22 bits per heavy atom. The molecule has 0 heterocycles. The van der Waals surface area contributed by atoms with Gasteiger partial charge in [-0.2, -0.15) is 0 Å². The van der Waals surface area contributed by atoms with Gasteiger partial charge in [0.15, 0.2) is 0 Å². The summed E-state index contributed by atoms with van der Waals surface area (Å²) in [6.07, 6.45) is 4.13. The molecule has 1 aromatic carbocycles. The lowest BCUT2D eigenvalue weighted by Gasteiger charge is -2.15. The van der Waals surface area contributed by atoms with Gasteiger partial charge in [0.2, 0.25) is 0 Å². The average Bonchev–Trinajstić information content (AvgIpc) is 3.08. The molecule has 0 radical (unpaired) electrons. The van der Waals surface area contributed by atoms with Crippen LogP contribution < -0.4 is 15.4 Å². The highest BCUT2D eigenvalue weighted by Gasteiger charge is 2.40. The van der Waals surface area contributed by atoms with Crippen LogP contribution in [0.5, 0.6) is 5.75 Å². The molecule has 2 amide bonds. The van der Waals surface area contributed by atoms with Crippen LogP contribution in [0.4, 0.5) is 4.79 Å². The van der Waals surface area contributed by atoms with Crippen LogP contribution in [-0.2, 0) is 0 Å². The van der Waals surface area contributed by atoms with Crippen LogP contribution in [0, 0.1) is 0 Å². The van der Waals surface area contributed by atoms with Crippen molar-refractivity contribution in [2.24, 2.45) is 0 Å². The van der Waals surface area contributed by atoms with Crippen LogP contribution in [-0.4, -0.2) is 36.3 Å². The Morgan fingerprint density at radius 2 is 1.96 bits per heavy atom. The van der Waals surface area contributed by atoms with Crippen molar-refractivity contribution in [3.05, 3.63) is 29.3 Å². The quantitative estimate of drug-likeness (QED) is 0.778. The highest BCUT2D eigenvalue weighted by atomic mass is 16.5. The van der Waals surface area contributed by atoms with Crippen molar-refractivity contribution in [3.63, 3.8) is 0 Å². The number of nitrogens with one attached hydrogen (secondary N) is 2. The summed E-state index contributed by atoms with van der Waals surface area (Å²) in [4.78, 5) is 23.2. The minimum Gasteiger partial charge on any atom is -0.496 e. The molecular weight excluding hydrogens is 296 g/mol. The van der Waals surface area contributed by atoms with Gasteiger partial charge in [-0.3, -0.25) is 4.79 Å². The fourth-order valence-corrected chi connectivity index (χ4v) is 3.35. The lowest BCUT2D eigenvalue weighted by Crippen LogP contribution is -2.32. The van der Waals surface area contributed by atoms with E-state index < -0.39 is 6.09 Å². The molecule has 23 heavy (non-hydrogen) atoms. The van der Waals surface area contributed by atoms with Gasteiger partial charge in [0.25, 0.3) is 5.91 Å². The molecule has 2 atom stereocenters. The zero-order chi connectivity index (χ0) is 16.4. The molecule has 0 bridgehead atoms. The Hall–Kier alpha value is -2.24. The molecule has 2 aliphatic carbocycles. The van der Waals surface area contributed by atoms with Gasteiger partial charge in [0.1, 0.15) is 5.75 Å². The number of methoxy groups -OCH3 is 1. The maximum Gasteiger partial charge on any atom is 0.404 e. The van der Waals surface area contributed by atoms with Gasteiger partial charge in [0.05, 0.1) is 12.7 Å². The van der Waals surface area contributed by atoms with Crippen molar-refractivity contribution < 1.29 is 19.4 Å². The number of carboxylic acid groups (broad SMARTS) is 1. The van der Waals surface area contributed by atoms with Crippen LogP contribution in [0.15, 0.2) is 18.2 Å². The maximum absolute atomic E-state index is 12.5. The third kappa shape index (κ3) is 3.57. The largest absolute Gasteiger partial charge is 0.496 e. The number of ether oxygens (including phenoxy) is 1. The Morgan fingerprint density at radius 3 is 2.61 bits per heavy atom. The van der Waals surface area contributed by atoms with E-state index in [1.165, 1.54) is 0 Å². The number of hydrogen-bond donors (Lipinski definition) is 3. The SMILES string of the molecule is COc1ccc([C@@H]2C[C@H]2NC(=O)O)cc1C(=O)NC1CCCC1. The monoisotopic (exact) mass is 318 g/mol. The third-order valence-electron chi connectivity index (χ3n) is 4.69. The lowest BCUT2D eigenvalue weighted by atomic mass is 10.0. The van der Waals surface area contributed by atoms with Crippen LogP contribution in [0.25, 0.3) is 0 Å². The van der Waals surface area contributed by atoms with Gasteiger partial charge in [-0.25, -0.2) is 4.79 Å². The minimum atomic E-state index is -1.01. The molecule has 0 spiro atoms. The van der Waals surface area contributed by atoms with Gasteiger partial charge >= 0.3 is 6.09 Å². The van der Waals surface area contributed by atoms with Crippen molar-refractivity contribution in [1.29, 1.82) is 0 Å². The number of carbonyl (C=O) groups excluding carboxylic acids is 1. The van der Waals surface area contributed by atoms with E-state index in [0.717, 1.165) is 37.7 Å². The minimum absolute atomic E-state index is 0.0633. The fourth-order valence-electron chi connectivity index (χ4n) is 3.35. The topological polar surface area (TPSA) is 87.7 Å². The lowest BCUT2D eigenvalue weighted by molar-refractivity contribution is 0.0934. The zero-order valence-corrected chi connectivity index (χ0v) is 13.2. The number of hydrogen-bond acceptors (Lipinski definition) is 3. The normalized spacial score (nSPS) is 23.3. The van der Waals surface area contributed by atoms with Gasteiger partial charge in [-0.15, -0.1) is 0 Å². The average molecular weight is 318 g/mol. The second kappa shape index (κ2) is 6.48. The molecule has 2 fully saturated rings. The van der Waals surface area contributed by atoms with Gasteiger partial charge in [-0.05, 0) is 37.0 Å². The maximum atomic E-state index is 12.5. The Balaban J connectivity index is 1.74. The summed E-state index contributed by atoms with van der Waals surface area (Å²) < 4.78 is 5.31. The summed E-state index contributed by atoms with van der Waals surface area (Å²) in [5.74, 6) is 0.571. The molecule has 2 aliphatic rings. The van der Waals surface area contributed by atoms with E-state index in [1.807, 2.05) is 12.1 Å². The molecule has 3 rings (SSSR count). The first kappa shape index (κ1) is 15.6. The van der Waals surface area contributed by atoms with Crippen molar-refractivity contribution in [2.75, 3.05) is 7.11 Å². The van der Waals surface area contributed by atoms with Gasteiger partial charge < -0.3 is 20.5 Å². The second-order valence-electron chi connectivity index (χ2n) is 6.31. The van der Waals surface area contributed by atoms with Crippen LogP contribution >= 0.6 is 0 Å². The van der Waals surface area contributed by atoms with Crippen LogP contribution in [0.3, 0.4) is 0 Å². The highest BCUT2D eigenvalue weighted by Crippen LogP contribution is 2.42. The molecule has 6 heteroatoms. The summed E-state index contributed by atoms with van der Waals surface area (Å²) in [6, 6.07) is 5.70. The fraction of sp³-hybridized carbons (Fsp3) is 0.529. The number of amides is 2. The predicted octanol–water partition coefficient (Wildman–Crippen LogP) is 2.49. The summed E-state index contributed by atoms with van der Waals surface area (Å²) in [5, 5.41) is 14.3. The molecule has 6 nitrogen and oxygen atoms in total. The molecule has 0 aliphatic heterocycles. The Bertz CT molecular complexity index is 611. The van der Waals surface area contributed by atoms with Crippen LogP contribution in [0.2, 0.25) is 0 Å². The summed E-state index contributed by atoms with van der Waals surface area (Å²) in [7, 11) is 1.55. The van der Waals surface area contributed by atoms with E-state index in [2.05, 4.69) is 10.6 Å². The Kier molecular flexibility index (Phi) is 4.41. The van der Waals surface area contributed by atoms with Crippen LogP contribution in [0.1, 0.15) is 53.9 Å². The van der Waals surface area contributed by atoms with E-state index in [0.29, 0.717) is 11.3 Å².